The molecule has 0 aromatic heterocycles. The average molecular weight is 433 g/mol. The van der Waals surface area contributed by atoms with E-state index in [0.717, 1.165) is 27.3 Å². The fraction of sp³-hybridized carbons (Fsp3) is 0.435. The minimum absolute atomic E-state index is 0.192. The Morgan fingerprint density at radius 1 is 1.10 bits per heavy atom. The predicted molar refractivity (Wildman–Crippen MR) is 121 cm³/mol. The lowest BCUT2D eigenvalue weighted by Crippen LogP contribution is -2.48. The van der Waals surface area contributed by atoms with Gasteiger partial charge in [0.1, 0.15) is 11.8 Å². The molecule has 0 radical (unpaired) electrons. The van der Waals surface area contributed by atoms with E-state index in [9.17, 15) is 13.2 Å². The summed E-state index contributed by atoms with van der Waals surface area (Å²) in [6.45, 7) is 10.0. The van der Waals surface area contributed by atoms with Crippen molar-refractivity contribution in [1.29, 1.82) is 0 Å². The molecule has 0 heterocycles. The minimum atomic E-state index is -3.68. The van der Waals surface area contributed by atoms with E-state index in [2.05, 4.69) is 11.4 Å². The van der Waals surface area contributed by atoms with Gasteiger partial charge in [0, 0.05) is 0 Å². The number of ether oxygens (including phenoxy) is 1. The summed E-state index contributed by atoms with van der Waals surface area (Å²) in [6, 6.07) is 11.7. The number of benzene rings is 2. The maximum atomic E-state index is 13.1. The Morgan fingerprint density at radius 3 is 2.23 bits per heavy atom. The number of hydrogen-bond acceptors (Lipinski definition) is 4. The Balaban J connectivity index is 2.28. The van der Waals surface area contributed by atoms with Crippen LogP contribution < -0.4 is 14.4 Å². The van der Waals surface area contributed by atoms with Crippen molar-refractivity contribution < 1.29 is 17.9 Å². The third-order valence-electron chi connectivity index (χ3n) is 5.02. The van der Waals surface area contributed by atoms with E-state index >= 15 is 0 Å². The summed E-state index contributed by atoms with van der Waals surface area (Å²) in [5, 5.41) is 3.03. The zero-order valence-electron chi connectivity index (χ0n) is 18.6. The van der Waals surface area contributed by atoms with Crippen molar-refractivity contribution >= 4 is 21.6 Å². The molecule has 0 unspecified atom stereocenters. The summed E-state index contributed by atoms with van der Waals surface area (Å²) in [5.74, 6) is 0.300. The third kappa shape index (κ3) is 5.75. The van der Waals surface area contributed by atoms with Gasteiger partial charge in [0.2, 0.25) is 15.9 Å². The van der Waals surface area contributed by atoms with Crippen molar-refractivity contribution in [2.45, 2.75) is 53.1 Å². The van der Waals surface area contributed by atoms with E-state index in [1.165, 1.54) is 0 Å². The fourth-order valence-electron chi connectivity index (χ4n) is 3.57. The molecule has 0 bridgehead atoms. The monoisotopic (exact) mass is 432 g/mol. The number of carbonyl (C=O) groups is 1. The highest BCUT2D eigenvalue weighted by Gasteiger charge is 2.30. The Labute approximate surface area is 180 Å². The van der Waals surface area contributed by atoms with Crippen molar-refractivity contribution in [3.63, 3.8) is 0 Å². The molecule has 0 spiro atoms. The van der Waals surface area contributed by atoms with E-state index in [-0.39, 0.29) is 11.9 Å². The number of sulfonamides is 1. The Kier molecular flexibility index (Phi) is 7.89. The topological polar surface area (TPSA) is 75.7 Å². The van der Waals surface area contributed by atoms with Crippen LogP contribution in [0.25, 0.3) is 0 Å². The molecule has 1 N–H and O–H groups in total. The van der Waals surface area contributed by atoms with Crippen LogP contribution in [0, 0.1) is 13.8 Å². The van der Waals surface area contributed by atoms with Gasteiger partial charge in [0.25, 0.3) is 0 Å². The van der Waals surface area contributed by atoms with Gasteiger partial charge in [-0.1, -0.05) is 30.7 Å². The molecule has 0 fully saturated rings. The van der Waals surface area contributed by atoms with E-state index in [4.69, 9.17) is 4.74 Å². The normalized spacial score (nSPS) is 13.4. The first-order valence-electron chi connectivity index (χ1n) is 10.2. The lowest BCUT2D eigenvalue weighted by molar-refractivity contribution is -0.122. The van der Waals surface area contributed by atoms with Gasteiger partial charge in [-0.3, -0.25) is 9.10 Å². The molecule has 7 heteroatoms. The second-order valence-electron chi connectivity index (χ2n) is 7.49. The Hall–Kier alpha value is -2.54. The number of hydrogen-bond donors (Lipinski definition) is 1. The van der Waals surface area contributed by atoms with Crippen LogP contribution in [0.1, 0.15) is 49.9 Å². The van der Waals surface area contributed by atoms with Crippen LogP contribution in [0.3, 0.4) is 0 Å². The standard InChI is InChI=1S/C23H32N2O4S/c1-7-22(21-14-9-16(3)15-17(21)4)24-23(26)18(5)25(30(6,27)28)19-10-12-20(13-11-19)29-8-2/h9-15,18,22H,7-8H2,1-6H3,(H,24,26)/t18-,22-/m0/s1. The Bertz CT molecular complexity index is 971. The number of aryl methyl sites for hydroxylation is 2. The third-order valence-corrected chi connectivity index (χ3v) is 6.26. The number of anilines is 1. The summed E-state index contributed by atoms with van der Waals surface area (Å²) in [4.78, 5) is 13.1. The molecule has 0 aliphatic carbocycles. The largest absolute Gasteiger partial charge is 0.494 e. The average Bonchev–Trinajstić information content (AvgIpc) is 2.67. The molecule has 2 aromatic rings. The molecule has 164 valence electrons. The number of carbonyl (C=O) groups excluding carboxylic acids is 1. The van der Waals surface area contributed by atoms with Crippen LogP contribution in [0.2, 0.25) is 0 Å². The molecule has 30 heavy (non-hydrogen) atoms. The van der Waals surface area contributed by atoms with Crippen molar-refractivity contribution in [3.05, 3.63) is 59.2 Å². The molecule has 0 aliphatic heterocycles. The van der Waals surface area contributed by atoms with Gasteiger partial charge < -0.3 is 10.1 Å². The van der Waals surface area contributed by atoms with Gasteiger partial charge in [-0.25, -0.2) is 8.42 Å². The van der Waals surface area contributed by atoms with Crippen LogP contribution in [-0.4, -0.2) is 33.2 Å². The zero-order chi connectivity index (χ0) is 22.5. The molecular formula is C23H32N2O4S. The van der Waals surface area contributed by atoms with Crippen LogP contribution >= 0.6 is 0 Å². The van der Waals surface area contributed by atoms with Crippen LogP contribution in [-0.2, 0) is 14.8 Å². The second kappa shape index (κ2) is 9.98. The predicted octanol–water partition coefficient (Wildman–Crippen LogP) is 4.12. The SMILES string of the molecule is CCOc1ccc(N([C@@H](C)C(=O)N[C@@H](CC)c2ccc(C)cc2C)S(C)(=O)=O)cc1. The summed E-state index contributed by atoms with van der Waals surface area (Å²) in [5.41, 5.74) is 3.71. The van der Waals surface area contributed by atoms with Crippen molar-refractivity contribution in [2.24, 2.45) is 0 Å². The first kappa shape index (κ1) is 23.7. The van der Waals surface area contributed by atoms with Gasteiger partial charge >= 0.3 is 0 Å². The quantitative estimate of drug-likeness (QED) is 0.647. The number of rotatable bonds is 9. The molecule has 2 rings (SSSR count). The lowest BCUT2D eigenvalue weighted by Gasteiger charge is -2.30. The van der Waals surface area contributed by atoms with Crippen molar-refractivity contribution in [1.82, 2.24) is 5.32 Å². The fourth-order valence-corrected chi connectivity index (χ4v) is 4.75. The van der Waals surface area contributed by atoms with E-state index in [1.54, 1.807) is 31.2 Å². The van der Waals surface area contributed by atoms with E-state index in [0.29, 0.717) is 24.5 Å². The second-order valence-corrected chi connectivity index (χ2v) is 9.35. The summed E-state index contributed by atoms with van der Waals surface area (Å²) >= 11 is 0. The Morgan fingerprint density at radius 2 is 1.73 bits per heavy atom. The zero-order valence-corrected chi connectivity index (χ0v) is 19.4. The molecule has 0 saturated carbocycles. The first-order chi connectivity index (χ1) is 14.1. The number of nitrogens with zero attached hydrogens (tertiary/aromatic N) is 1. The number of nitrogens with one attached hydrogen (secondary N) is 1. The van der Waals surface area contributed by atoms with Gasteiger partial charge in [0.15, 0.2) is 0 Å². The minimum Gasteiger partial charge on any atom is -0.494 e. The highest BCUT2D eigenvalue weighted by molar-refractivity contribution is 7.92. The summed E-state index contributed by atoms with van der Waals surface area (Å²) < 4.78 is 31.6. The molecular weight excluding hydrogens is 400 g/mol. The van der Waals surface area contributed by atoms with Gasteiger partial charge in [-0.2, -0.15) is 0 Å². The first-order valence-corrected chi connectivity index (χ1v) is 12.0. The van der Waals surface area contributed by atoms with Gasteiger partial charge in [0.05, 0.1) is 24.6 Å². The maximum Gasteiger partial charge on any atom is 0.244 e. The van der Waals surface area contributed by atoms with E-state index in [1.807, 2.05) is 39.8 Å². The molecule has 2 aromatic carbocycles. The molecule has 0 aliphatic rings. The highest BCUT2D eigenvalue weighted by Crippen LogP contribution is 2.26. The lowest BCUT2D eigenvalue weighted by atomic mass is 9.97. The van der Waals surface area contributed by atoms with Gasteiger partial charge in [-0.15, -0.1) is 0 Å². The molecule has 1 amide bonds. The van der Waals surface area contributed by atoms with Crippen LogP contribution in [0.4, 0.5) is 5.69 Å². The van der Waals surface area contributed by atoms with Crippen molar-refractivity contribution in [2.75, 3.05) is 17.2 Å². The summed E-state index contributed by atoms with van der Waals surface area (Å²) in [7, 11) is -3.68. The molecule has 0 saturated heterocycles. The molecule has 6 nitrogen and oxygen atoms in total. The van der Waals surface area contributed by atoms with Crippen LogP contribution in [0.5, 0.6) is 5.75 Å². The highest BCUT2D eigenvalue weighted by atomic mass is 32.2. The van der Waals surface area contributed by atoms with Crippen molar-refractivity contribution in [3.8, 4) is 5.75 Å². The summed E-state index contributed by atoms with van der Waals surface area (Å²) in [6.07, 6.45) is 1.80. The van der Waals surface area contributed by atoms with Crippen LogP contribution in [0.15, 0.2) is 42.5 Å². The van der Waals surface area contributed by atoms with E-state index < -0.39 is 16.1 Å². The van der Waals surface area contributed by atoms with Gasteiger partial charge in [-0.05, 0) is 69.5 Å². The smallest absolute Gasteiger partial charge is 0.244 e. The number of amides is 1. The molecule has 2 atom stereocenters. The maximum absolute atomic E-state index is 13.1.